The monoisotopic (exact) mass is 796 g/mol. The Morgan fingerprint density at radius 1 is 0.500 bits per heavy atom. The van der Waals surface area contributed by atoms with Gasteiger partial charge in [-0.25, -0.2) is 0 Å². The highest BCUT2D eigenvalue weighted by molar-refractivity contribution is 6.31. The van der Waals surface area contributed by atoms with Crippen molar-refractivity contribution in [2.45, 2.75) is 118 Å². The molecule has 6 rings (SSSR count). The molecular formula is C44H50Cl2N6O4. The molecule has 294 valence electrons. The second-order valence-electron chi connectivity index (χ2n) is 18.4. The van der Waals surface area contributed by atoms with E-state index in [-0.39, 0.29) is 23.7 Å². The van der Waals surface area contributed by atoms with Gasteiger partial charge in [0, 0.05) is 21.2 Å². The minimum absolute atomic E-state index is 0.238. The van der Waals surface area contributed by atoms with Crippen molar-refractivity contribution >= 4 is 57.2 Å². The van der Waals surface area contributed by atoms with E-state index in [1.54, 1.807) is 36.4 Å². The van der Waals surface area contributed by atoms with E-state index in [1.165, 1.54) is 9.59 Å². The summed E-state index contributed by atoms with van der Waals surface area (Å²) in [6, 6.07) is 18.6. The standard InChI is InChI=1S/C44H50Cl2N6O4/c1-41(2,3)25-19-29(43(7,8)9)39(35(21-25)51-47-31-15-13-27(45)23-33(31)49-51)55-37(53)17-18-38(54)56-40-30(44(10,11)12)20-26(42(4,5)6)22-36(40)52-48-32-16-14-28(46)24-34(32)50-52/h13-16,19-24H,17-18H2,1-12H3. The maximum atomic E-state index is 13.8. The maximum absolute atomic E-state index is 13.8. The van der Waals surface area contributed by atoms with Crippen molar-refractivity contribution < 1.29 is 19.1 Å². The van der Waals surface area contributed by atoms with E-state index >= 15 is 0 Å². The van der Waals surface area contributed by atoms with Crippen LogP contribution in [0, 0.1) is 0 Å². The number of nitrogens with zero attached hydrogens (tertiary/aromatic N) is 6. The summed E-state index contributed by atoms with van der Waals surface area (Å²) in [5.41, 5.74) is 5.78. The van der Waals surface area contributed by atoms with Gasteiger partial charge < -0.3 is 9.47 Å². The van der Waals surface area contributed by atoms with E-state index < -0.39 is 22.8 Å². The van der Waals surface area contributed by atoms with Crippen LogP contribution in [0.3, 0.4) is 0 Å². The Hall–Kier alpha value is -4.80. The van der Waals surface area contributed by atoms with E-state index in [9.17, 15) is 9.59 Å². The van der Waals surface area contributed by atoms with Crippen LogP contribution in [0.25, 0.3) is 33.4 Å². The topological polar surface area (TPSA) is 114 Å². The van der Waals surface area contributed by atoms with Gasteiger partial charge >= 0.3 is 11.9 Å². The second-order valence-corrected chi connectivity index (χ2v) is 19.3. The lowest BCUT2D eigenvalue weighted by Gasteiger charge is -2.29. The van der Waals surface area contributed by atoms with Crippen LogP contribution in [0.1, 0.15) is 118 Å². The predicted octanol–water partition coefficient (Wildman–Crippen LogP) is 10.9. The summed E-state index contributed by atoms with van der Waals surface area (Å²) < 4.78 is 12.4. The molecule has 0 saturated heterocycles. The Bertz CT molecular complexity index is 2320. The molecule has 0 amide bonds. The van der Waals surface area contributed by atoms with Gasteiger partial charge in [0.25, 0.3) is 0 Å². The Labute approximate surface area is 338 Å². The number of benzene rings is 4. The highest BCUT2D eigenvalue weighted by atomic mass is 35.5. The van der Waals surface area contributed by atoms with Gasteiger partial charge in [-0.15, -0.1) is 30.0 Å². The minimum atomic E-state index is -0.604. The Kier molecular flexibility index (Phi) is 10.7. The normalized spacial score (nSPS) is 12.8. The van der Waals surface area contributed by atoms with Crippen LogP contribution in [0.2, 0.25) is 10.0 Å². The van der Waals surface area contributed by atoms with E-state index in [0.717, 1.165) is 22.3 Å². The molecule has 56 heavy (non-hydrogen) atoms. The van der Waals surface area contributed by atoms with Gasteiger partial charge in [0.2, 0.25) is 0 Å². The summed E-state index contributed by atoms with van der Waals surface area (Å²) >= 11 is 12.6. The average molecular weight is 798 g/mol. The molecule has 0 radical (unpaired) electrons. The number of rotatable bonds is 7. The third-order valence-corrected chi connectivity index (χ3v) is 10.0. The van der Waals surface area contributed by atoms with Gasteiger partial charge in [0.1, 0.15) is 33.4 Å². The zero-order valence-electron chi connectivity index (χ0n) is 34.3. The van der Waals surface area contributed by atoms with Crippen molar-refractivity contribution in [3.05, 3.63) is 93.0 Å². The summed E-state index contributed by atoms with van der Waals surface area (Å²) in [7, 11) is 0. The molecule has 0 aliphatic rings. The number of hydrogen-bond acceptors (Lipinski definition) is 8. The molecule has 10 nitrogen and oxygen atoms in total. The lowest BCUT2D eigenvalue weighted by molar-refractivity contribution is -0.140. The van der Waals surface area contributed by atoms with Crippen LogP contribution in [0.15, 0.2) is 60.7 Å². The quantitative estimate of drug-likeness (QED) is 0.116. The minimum Gasteiger partial charge on any atom is -0.424 e. The molecule has 0 aliphatic heterocycles. The first-order valence-electron chi connectivity index (χ1n) is 18.7. The largest absolute Gasteiger partial charge is 0.424 e. The van der Waals surface area contributed by atoms with Gasteiger partial charge in [-0.05, 0) is 81.3 Å². The van der Waals surface area contributed by atoms with E-state index in [4.69, 9.17) is 53.1 Å². The summed E-state index contributed by atoms with van der Waals surface area (Å²) in [6.45, 7) is 25.1. The van der Waals surface area contributed by atoms with Gasteiger partial charge in [0.15, 0.2) is 11.5 Å². The number of hydrogen-bond donors (Lipinski definition) is 0. The molecule has 2 heterocycles. The van der Waals surface area contributed by atoms with E-state index in [0.29, 0.717) is 55.0 Å². The molecule has 0 atom stereocenters. The van der Waals surface area contributed by atoms with E-state index in [2.05, 4.69) is 95.2 Å². The lowest BCUT2D eigenvalue weighted by Crippen LogP contribution is -2.23. The van der Waals surface area contributed by atoms with Crippen molar-refractivity contribution in [2.24, 2.45) is 0 Å². The fraction of sp³-hybridized carbons (Fsp3) is 0.409. The smallest absolute Gasteiger partial charge is 0.311 e. The number of carbonyl (C=O) groups excluding carboxylic acids is 2. The number of halogens is 2. The fourth-order valence-electron chi connectivity index (χ4n) is 6.24. The molecule has 0 spiro atoms. The van der Waals surface area contributed by atoms with Gasteiger partial charge in [-0.1, -0.05) is 118 Å². The predicted molar refractivity (Wildman–Crippen MR) is 223 cm³/mol. The lowest BCUT2D eigenvalue weighted by atomic mass is 9.79. The summed E-state index contributed by atoms with van der Waals surface area (Å²) in [6.07, 6.45) is -0.481. The van der Waals surface area contributed by atoms with E-state index in [1.807, 2.05) is 12.1 Å². The number of fused-ring (bicyclic) bond motifs is 2. The number of ether oxygens (including phenoxy) is 2. The molecule has 2 aromatic heterocycles. The van der Waals surface area contributed by atoms with Crippen LogP contribution < -0.4 is 9.47 Å². The third-order valence-electron chi connectivity index (χ3n) is 9.57. The fourth-order valence-corrected chi connectivity index (χ4v) is 6.58. The second kappa shape index (κ2) is 14.6. The number of aromatic nitrogens is 6. The molecule has 12 heteroatoms. The molecule has 0 fully saturated rings. The molecular weight excluding hydrogens is 747 g/mol. The molecule has 0 bridgehead atoms. The first-order valence-corrected chi connectivity index (χ1v) is 19.5. The molecule has 0 aliphatic carbocycles. The van der Waals surface area contributed by atoms with Crippen molar-refractivity contribution in [1.82, 2.24) is 30.0 Å². The SMILES string of the molecule is CC(C)(C)c1cc(-n2nc3ccc(Cl)cc3n2)c(OC(=O)CCC(=O)Oc2c(-n3nc4ccc(Cl)cc4n3)cc(C(C)(C)C)cc2C(C)(C)C)c(C(C)(C)C)c1. The molecule has 0 unspecified atom stereocenters. The van der Waals surface area contributed by atoms with Crippen LogP contribution in [0.4, 0.5) is 0 Å². The zero-order valence-corrected chi connectivity index (χ0v) is 35.8. The van der Waals surface area contributed by atoms with Crippen LogP contribution in [-0.4, -0.2) is 41.9 Å². The highest BCUT2D eigenvalue weighted by Crippen LogP contribution is 2.42. The van der Waals surface area contributed by atoms with Crippen LogP contribution >= 0.6 is 23.2 Å². The Morgan fingerprint density at radius 2 is 0.839 bits per heavy atom. The third kappa shape index (κ3) is 8.76. The summed E-state index contributed by atoms with van der Waals surface area (Å²) in [4.78, 5) is 30.6. The van der Waals surface area contributed by atoms with Crippen molar-refractivity contribution in [2.75, 3.05) is 0 Å². The number of carbonyl (C=O) groups is 2. The maximum Gasteiger partial charge on any atom is 0.311 e. The summed E-state index contributed by atoms with van der Waals surface area (Å²) in [5, 5.41) is 19.9. The van der Waals surface area contributed by atoms with Gasteiger partial charge in [-0.3, -0.25) is 9.59 Å². The zero-order chi connectivity index (χ0) is 41.1. The molecule has 0 N–H and O–H groups in total. The van der Waals surface area contributed by atoms with Crippen molar-refractivity contribution in [3.8, 4) is 22.9 Å². The van der Waals surface area contributed by atoms with Gasteiger partial charge in [-0.2, -0.15) is 0 Å². The van der Waals surface area contributed by atoms with Crippen LogP contribution in [0.5, 0.6) is 11.5 Å². The molecule has 6 aromatic rings. The first-order chi connectivity index (χ1) is 25.9. The number of esters is 2. The van der Waals surface area contributed by atoms with Crippen molar-refractivity contribution in [3.63, 3.8) is 0 Å². The van der Waals surface area contributed by atoms with Crippen molar-refractivity contribution in [1.29, 1.82) is 0 Å². The molecule has 0 saturated carbocycles. The molecule has 4 aromatic carbocycles. The summed E-state index contributed by atoms with van der Waals surface area (Å²) in [5.74, 6) is -0.564. The first kappa shape index (κ1) is 40.9. The van der Waals surface area contributed by atoms with Gasteiger partial charge in [0.05, 0.1) is 12.8 Å². The Balaban J connectivity index is 1.35. The Morgan fingerprint density at radius 3 is 1.16 bits per heavy atom. The highest BCUT2D eigenvalue weighted by Gasteiger charge is 2.31. The van der Waals surface area contributed by atoms with Crippen LogP contribution in [-0.2, 0) is 31.2 Å². The average Bonchev–Trinajstić information content (AvgIpc) is 3.69.